The van der Waals surface area contributed by atoms with E-state index in [-0.39, 0.29) is 11.8 Å². The number of aromatic nitrogens is 1. The van der Waals surface area contributed by atoms with Gasteiger partial charge < -0.3 is 14.4 Å². The molecule has 0 bridgehead atoms. The summed E-state index contributed by atoms with van der Waals surface area (Å²) in [6, 6.07) is 11.2. The fraction of sp³-hybridized carbons (Fsp3) is 0.368. The van der Waals surface area contributed by atoms with Gasteiger partial charge in [0, 0.05) is 6.04 Å². The van der Waals surface area contributed by atoms with Crippen LogP contribution in [0.2, 0.25) is 0 Å². The second-order valence-electron chi connectivity index (χ2n) is 6.48. The first-order valence-electron chi connectivity index (χ1n) is 8.24. The van der Waals surface area contributed by atoms with Gasteiger partial charge in [0.2, 0.25) is 5.60 Å². The number of fused-ring (bicyclic) bond motifs is 1. The summed E-state index contributed by atoms with van der Waals surface area (Å²) >= 11 is 6.94. The third-order valence-corrected chi connectivity index (χ3v) is 6.94. The van der Waals surface area contributed by atoms with Crippen molar-refractivity contribution in [1.82, 2.24) is 4.57 Å². The lowest BCUT2D eigenvalue weighted by Crippen LogP contribution is -2.45. The fourth-order valence-electron chi connectivity index (χ4n) is 3.88. The standard InChI is InChI=1S/C19H19Br2NO4/c1-11(23)16-14(9-8-12-6-4-3-5-7-12)22-15(10-13(20)17(22)21)19(16,25)18(24)26-2/h3-7,10,14,16,25H,8-9H2,1-2H3. The first-order chi connectivity index (χ1) is 12.3. The summed E-state index contributed by atoms with van der Waals surface area (Å²) in [5.74, 6) is -1.97. The third-order valence-electron chi connectivity index (χ3n) is 4.99. The molecule has 3 rings (SSSR count). The number of carbonyl (C=O) groups is 2. The Balaban J connectivity index is 2.07. The summed E-state index contributed by atoms with van der Waals surface area (Å²) in [5, 5.41) is 11.3. The van der Waals surface area contributed by atoms with Crippen molar-refractivity contribution in [3.8, 4) is 0 Å². The predicted octanol–water partition coefficient (Wildman–Crippen LogP) is 3.77. The monoisotopic (exact) mass is 483 g/mol. The van der Waals surface area contributed by atoms with Crippen molar-refractivity contribution >= 4 is 43.6 Å². The number of aliphatic hydroxyl groups is 1. The molecule has 0 saturated carbocycles. The van der Waals surface area contributed by atoms with E-state index in [0.29, 0.717) is 27.6 Å². The number of esters is 1. The van der Waals surface area contributed by atoms with Crippen LogP contribution in [0.25, 0.3) is 0 Å². The molecule has 0 fully saturated rings. The quantitative estimate of drug-likeness (QED) is 0.656. The number of halogens is 2. The molecule has 1 aromatic heterocycles. The second kappa shape index (κ2) is 7.29. The van der Waals surface area contributed by atoms with Crippen LogP contribution in [0.5, 0.6) is 0 Å². The van der Waals surface area contributed by atoms with E-state index in [2.05, 4.69) is 31.9 Å². The van der Waals surface area contributed by atoms with Gasteiger partial charge in [0.15, 0.2) is 0 Å². The lowest BCUT2D eigenvalue weighted by Gasteiger charge is -2.28. The first kappa shape index (κ1) is 19.3. The molecule has 5 nitrogen and oxygen atoms in total. The molecule has 2 heterocycles. The number of benzene rings is 1. The molecule has 138 valence electrons. The topological polar surface area (TPSA) is 68.5 Å². The largest absolute Gasteiger partial charge is 0.467 e. The van der Waals surface area contributed by atoms with Crippen molar-refractivity contribution in [1.29, 1.82) is 0 Å². The van der Waals surface area contributed by atoms with Gasteiger partial charge in [-0.15, -0.1) is 0 Å². The molecule has 0 amide bonds. The predicted molar refractivity (Wildman–Crippen MR) is 104 cm³/mol. The van der Waals surface area contributed by atoms with Crippen molar-refractivity contribution in [3.63, 3.8) is 0 Å². The van der Waals surface area contributed by atoms with Gasteiger partial charge in [-0.05, 0) is 63.3 Å². The van der Waals surface area contributed by atoms with Crippen molar-refractivity contribution < 1.29 is 19.4 Å². The van der Waals surface area contributed by atoms with Crippen LogP contribution in [0, 0.1) is 5.92 Å². The molecule has 26 heavy (non-hydrogen) atoms. The Bertz CT molecular complexity index is 849. The summed E-state index contributed by atoms with van der Waals surface area (Å²) in [6.07, 6.45) is 1.31. The highest BCUT2D eigenvalue weighted by atomic mass is 79.9. The molecule has 3 atom stereocenters. The maximum atomic E-state index is 12.5. The molecule has 0 saturated heterocycles. The Kier molecular flexibility index (Phi) is 5.42. The molecule has 1 aromatic carbocycles. The van der Waals surface area contributed by atoms with E-state index < -0.39 is 17.5 Å². The Morgan fingerprint density at radius 3 is 2.50 bits per heavy atom. The van der Waals surface area contributed by atoms with Gasteiger partial charge in [0.1, 0.15) is 5.78 Å². The SMILES string of the molecule is COC(=O)C1(O)c2cc(Br)c(Br)n2C(CCc2ccccc2)C1C(C)=O. The summed E-state index contributed by atoms with van der Waals surface area (Å²) < 4.78 is 8.08. The summed E-state index contributed by atoms with van der Waals surface area (Å²) in [5.41, 5.74) is -0.509. The van der Waals surface area contributed by atoms with Crippen molar-refractivity contribution in [2.45, 2.75) is 31.4 Å². The van der Waals surface area contributed by atoms with Gasteiger partial charge in [-0.25, -0.2) is 4.79 Å². The van der Waals surface area contributed by atoms with E-state index in [1.54, 1.807) is 6.07 Å². The molecule has 1 N–H and O–H groups in total. The van der Waals surface area contributed by atoms with Crippen LogP contribution >= 0.6 is 31.9 Å². The van der Waals surface area contributed by atoms with E-state index in [1.807, 2.05) is 34.9 Å². The molecule has 0 spiro atoms. The smallest absolute Gasteiger partial charge is 0.345 e. The number of rotatable bonds is 5. The molecular formula is C19H19Br2NO4. The molecule has 3 unspecified atom stereocenters. The molecular weight excluding hydrogens is 466 g/mol. The maximum Gasteiger partial charge on any atom is 0.345 e. The maximum absolute atomic E-state index is 12.5. The molecule has 0 aliphatic carbocycles. The average molecular weight is 485 g/mol. The van der Waals surface area contributed by atoms with Gasteiger partial charge >= 0.3 is 5.97 Å². The van der Waals surface area contributed by atoms with Crippen LogP contribution in [0.1, 0.15) is 30.6 Å². The van der Waals surface area contributed by atoms with Crippen LogP contribution in [0.3, 0.4) is 0 Å². The molecule has 1 aliphatic heterocycles. The highest BCUT2D eigenvalue weighted by Crippen LogP contribution is 2.52. The average Bonchev–Trinajstić information content (AvgIpc) is 3.06. The molecule has 7 heteroatoms. The van der Waals surface area contributed by atoms with Crippen LogP contribution in [0.15, 0.2) is 45.5 Å². The van der Waals surface area contributed by atoms with E-state index in [9.17, 15) is 14.7 Å². The number of nitrogens with zero attached hydrogens (tertiary/aromatic N) is 1. The summed E-state index contributed by atoms with van der Waals surface area (Å²) in [6.45, 7) is 1.41. The number of Topliss-reactive ketones (excluding diaryl/α,β-unsaturated/α-hetero) is 1. The highest BCUT2D eigenvalue weighted by Gasteiger charge is 2.60. The number of ketones is 1. The molecule has 2 aromatic rings. The Morgan fingerprint density at radius 2 is 1.92 bits per heavy atom. The van der Waals surface area contributed by atoms with Crippen LogP contribution < -0.4 is 0 Å². The molecule has 1 aliphatic rings. The highest BCUT2D eigenvalue weighted by molar-refractivity contribution is 9.13. The minimum absolute atomic E-state index is 0.248. The number of aryl methyl sites for hydroxylation is 1. The Morgan fingerprint density at radius 1 is 1.27 bits per heavy atom. The van der Waals surface area contributed by atoms with E-state index >= 15 is 0 Å². The minimum atomic E-state index is -2.00. The Labute approximate surface area is 168 Å². The lowest BCUT2D eigenvalue weighted by atomic mass is 9.79. The number of ether oxygens (including phenoxy) is 1. The number of carbonyl (C=O) groups excluding carboxylic acids is 2. The number of hydrogen-bond donors (Lipinski definition) is 1. The van der Waals surface area contributed by atoms with Crippen molar-refractivity contribution in [2.24, 2.45) is 5.92 Å². The lowest BCUT2D eigenvalue weighted by molar-refractivity contribution is -0.172. The van der Waals surface area contributed by atoms with Gasteiger partial charge in [-0.3, -0.25) is 4.79 Å². The van der Waals surface area contributed by atoms with E-state index in [1.165, 1.54) is 14.0 Å². The van der Waals surface area contributed by atoms with Crippen molar-refractivity contribution in [2.75, 3.05) is 7.11 Å². The van der Waals surface area contributed by atoms with E-state index in [0.717, 1.165) is 5.56 Å². The number of methoxy groups -OCH3 is 1. The van der Waals surface area contributed by atoms with Crippen LogP contribution in [0.4, 0.5) is 0 Å². The normalized spacial score (nSPS) is 24.3. The zero-order valence-corrected chi connectivity index (χ0v) is 17.6. The van der Waals surface area contributed by atoms with Crippen LogP contribution in [-0.4, -0.2) is 28.5 Å². The minimum Gasteiger partial charge on any atom is -0.467 e. The zero-order valence-electron chi connectivity index (χ0n) is 14.4. The summed E-state index contributed by atoms with van der Waals surface area (Å²) in [7, 11) is 1.21. The number of hydrogen-bond acceptors (Lipinski definition) is 4. The Hall–Kier alpha value is -1.44. The van der Waals surface area contributed by atoms with Gasteiger partial charge in [-0.2, -0.15) is 0 Å². The summed E-state index contributed by atoms with van der Waals surface area (Å²) in [4.78, 5) is 24.9. The second-order valence-corrected chi connectivity index (χ2v) is 8.08. The van der Waals surface area contributed by atoms with Gasteiger partial charge in [0.25, 0.3) is 0 Å². The van der Waals surface area contributed by atoms with E-state index in [4.69, 9.17) is 4.74 Å². The van der Waals surface area contributed by atoms with Gasteiger partial charge in [0.05, 0.1) is 27.8 Å². The van der Waals surface area contributed by atoms with Crippen LogP contribution in [-0.2, 0) is 26.3 Å². The zero-order chi connectivity index (χ0) is 19.1. The fourth-order valence-corrected chi connectivity index (χ4v) is 4.86. The first-order valence-corrected chi connectivity index (χ1v) is 9.82. The molecule has 0 radical (unpaired) electrons. The van der Waals surface area contributed by atoms with Gasteiger partial charge in [-0.1, -0.05) is 30.3 Å². The third kappa shape index (κ3) is 2.96. The van der Waals surface area contributed by atoms with Crippen molar-refractivity contribution in [3.05, 3.63) is 56.7 Å².